The molecule has 2 aliphatic rings. The summed E-state index contributed by atoms with van der Waals surface area (Å²) in [5, 5.41) is 5.70. The van der Waals surface area contributed by atoms with E-state index >= 15 is 0 Å². The maximum atomic E-state index is 13.9. The van der Waals surface area contributed by atoms with Gasteiger partial charge in [-0.15, -0.1) is 0 Å². The number of para-hydroxylation sites is 1. The molecule has 4 rings (SSSR count). The minimum atomic E-state index is -0.577. The summed E-state index contributed by atoms with van der Waals surface area (Å²) in [7, 11) is 0. The van der Waals surface area contributed by atoms with Crippen molar-refractivity contribution in [1.82, 2.24) is 5.32 Å². The van der Waals surface area contributed by atoms with E-state index < -0.39 is 5.92 Å². The third-order valence-electron chi connectivity index (χ3n) is 5.31. The highest BCUT2D eigenvalue weighted by molar-refractivity contribution is 6.07. The number of carbonyl (C=O) groups excluding carboxylic acids is 3. The summed E-state index contributed by atoms with van der Waals surface area (Å²) >= 11 is 0. The highest BCUT2D eigenvalue weighted by Gasteiger charge is 2.36. The van der Waals surface area contributed by atoms with Crippen LogP contribution in [0.4, 0.5) is 15.8 Å². The molecule has 1 saturated carbocycles. The first kappa shape index (κ1) is 19.1. The van der Waals surface area contributed by atoms with Crippen LogP contribution in [0.5, 0.6) is 0 Å². The molecule has 1 saturated heterocycles. The lowest BCUT2D eigenvalue weighted by atomic mass is 10.1. The second kappa shape index (κ2) is 7.66. The number of amides is 3. The van der Waals surface area contributed by atoms with Crippen LogP contribution in [0.2, 0.25) is 0 Å². The molecule has 2 aromatic rings. The van der Waals surface area contributed by atoms with Crippen LogP contribution in [0.1, 0.15) is 35.2 Å². The number of benzene rings is 2. The third kappa shape index (κ3) is 4.13. The zero-order valence-electron chi connectivity index (χ0n) is 16.1. The van der Waals surface area contributed by atoms with Crippen molar-refractivity contribution in [2.24, 2.45) is 5.92 Å². The van der Waals surface area contributed by atoms with Gasteiger partial charge in [0.2, 0.25) is 11.8 Å². The summed E-state index contributed by atoms with van der Waals surface area (Å²) in [6, 6.07) is 11.6. The highest BCUT2D eigenvalue weighted by Crippen LogP contribution is 2.28. The Morgan fingerprint density at radius 2 is 1.90 bits per heavy atom. The molecule has 7 heteroatoms. The van der Waals surface area contributed by atoms with Crippen molar-refractivity contribution >= 4 is 29.1 Å². The highest BCUT2D eigenvalue weighted by atomic mass is 19.1. The summed E-state index contributed by atoms with van der Waals surface area (Å²) in [4.78, 5) is 39.0. The van der Waals surface area contributed by atoms with E-state index in [-0.39, 0.29) is 42.5 Å². The number of nitrogens with zero attached hydrogens (tertiary/aromatic N) is 1. The molecule has 3 amide bonds. The van der Waals surface area contributed by atoms with E-state index in [1.807, 2.05) is 0 Å². The van der Waals surface area contributed by atoms with E-state index in [0.29, 0.717) is 22.5 Å². The molecule has 150 valence electrons. The maximum absolute atomic E-state index is 13.9. The lowest BCUT2D eigenvalue weighted by molar-refractivity contribution is -0.122. The molecule has 2 aromatic carbocycles. The average molecular weight is 395 g/mol. The Labute approximate surface area is 168 Å². The van der Waals surface area contributed by atoms with E-state index in [1.165, 1.54) is 11.0 Å². The Bertz CT molecular complexity index is 987. The fourth-order valence-corrected chi connectivity index (χ4v) is 3.40. The quantitative estimate of drug-likeness (QED) is 0.817. The van der Waals surface area contributed by atoms with Crippen LogP contribution in [-0.4, -0.2) is 30.3 Å². The predicted molar refractivity (Wildman–Crippen MR) is 107 cm³/mol. The van der Waals surface area contributed by atoms with Crippen LogP contribution in [0.25, 0.3) is 0 Å². The lowest BCUT2D eigenvalue weighted by Gasteiger charge is -2.17. The summed E-state index contributed by atoms with van der Waals surface area (Å²) in [5.74, 6) is -1.75. The van der Waals surface area contributed by atoms with Crippen LogP contribution < -0.4 is 15.5 Å². The van der Waals surface area contributed by atoms with E-state index in [0.717, 1.165) is 12.8 Å². The van der Waals surface area contributed by atoms with Crippen molar-refractivity contribution in [3.8, 4) is 0 Å². The third-order valence-corrected chi connectivity index (χ3v) is 5.31. The molecule has 6 nitrogen and oxygen atoms in total. The molecule has 1 atom stereocenters. The van der Waals surface area contributed by atoms with Gasteiger partial charge < -0.3 is 15.5 Å². The first-order valence-corrected chi connectivity index (χ1v) is 9.69. The van der Waals surface area contributed by atoms with Gasteiger partial charge in [-0.3, -0.25) is 14.4 Å². The van der Waals surface area contributed by atoms with Gasteiger partial charge in [-0.1, -0.05) is 18.2 Å². The summed E-state index contributed by atoms with van der Waals surface area (Å²) in [6.45, 7) is 1.82. The van der Waals surface area contributed by atoms with Crippen molar-refractivity contribution in [3.63, 3.8) is 0 Å². The van der Waals surface area contributed by atoms with Gasteiger partial charge in [-0.25, -0.2) is 4.39 Å². The number of halogens is 1. The Balaban J connectivity index is 1.46. The number of hydrogen-bond donors (Lipinski definition) is 2. The molecule has 0 radical (unpaired) electrons. The fourth-order valence-electron chi connectivity index (χ4n) is 3.40. The largest absolute Gasteiger partial charge is 0.349 e. The Morgan fingerprint density at radius 3 is 2.62 bits per heavy atom. The first-order valence-electron chi connectivity index (χ1n) is 9.69. The number of hydrogen-bond acceptors (Lipinski definition) is 3. The Kier molecular flexibility index (Phi) is 5.05. The molecular weight excluding hydrogens is 373 g/mol. The van der Waals surface area contributed by atoms with Crippen LogP contribution in [0.3, 0.4) is 0 Å². The van der Waals surface area contributed by atoms with E-state index in [2.05, 4.69) is 10.6 Å². The monoisotopic (exact) mass is 395 g/mol. The number of aryl methyl sites for hydroxylation is 1. The number of nitrogens with one attached hydrogen (secondary N) is 2. The van der Waals surface area contributed by atoms with Crippen molar-refractivity contribution in [2.45, 2.75) is 32.2 Å². The van der Waals surface area contributed by atoms with Crippen LogP contribution in [0, 0.1) is 18.7 Å². The molecule has 2 N–H and O–H groups in total. The predicted octanol–water partition coefficient (Wildman–Crippen LogP) is 3.02. The minimum absolute atomic E-state index is 0.0395. The lowest BCUT2D eigenvalue weighted by Crippen LogP contribution is -2.30. The molecule has 1 aliphatic heterocycles. The Hall–Kier alpha value is -3.22. The maximum Gasteiger partial charge on any atom is 0.253 e. The molecule has 29 heavy (non-hydrogen) atoms. The molecule has 2 fully saturated rings. The number of anilines is 2. The number of carbonyl (C=O) groups is 3. The zero-order chi connectivity index (χ0) is 20.5. The van der Waals surface area contributed by atoms with Gasteiger partial charge in [0.25, 0.3) is 5.91 Å². The summed E-state index contributed by atoms with van der Waals surface area (Å²) in [5.41, 5.74) is 1.76. The van der Waals surface area contributed by atoms with Crippen molar-refractivity contribution in [3.05, 3.63) is 59.4 Å². The zero-order valence-corrected chi connectivity index (χ0v) is 16.1. The van der Waals surface area contributed by atoms with Crippen molar-refractivity contribution < 1.29 is 18.8 Å². The SMILES string of the molecule is Cc1ccc(N2C[C@H](C(=O)Nc3ccccc3C(=O)NC3CC3)CC2=O)cc1F. The summed E-state index contributed by atoms with van der Waals surface area (Å²) < 4.78 is 13.9. The summed E-state index contributed by atoms with van der Waals surface area (Å²) in [6.07, 6.45) is 1.98. The van der Waals surface area contributed by atoms with Gasteiger partial charge in [-0.05, 0) is 49.6 Å². The first-order chi connectivity index (χ1) is 13.9. The molecule has 1 aliphatic carbocycles. The molecule has 0 aromatic heterocycles. The van der Waals surface area contributed by atoms with Gasteiger partial charge in [0.05, 0.1) is 17.2 Å². The fraction of sp³-hybridized carbons (Fsp3) is 0.318. The Morgan fingerprint density at radius 1 is 1.14 bits per heavy atom. The smallest absolute Gasteiger partial charge is 0.253 e. The normalized spacial score (nSPS) is 18.6. The number of rotatable bonds is 5. The molecule has 1 heterocycles. The van der Waals surface area contributed by atoms with Crippen LogP contribution >= 0.6 is 0 Å². The van der Waals surface area contributed by atoms with Gasteiger partial charge in [0.15, 0.2) is 0 Å². The molecule has 0 spiro atoms. The average Bonchev–Trinajstić information content (AvgIpc) is 3.43. The second-order valence-electron chi connectivity index (χ2n) is 7.62. The second-order valence-corrected chi connectivity index (χ2v) is 7.62. The topological polar surface area (TPSA) is 78.5 Å². The molecular formula is C22H22FN3O3. The van der Waals surface area contributed by atoms with Crippen LogP contribution in [-0.2, 0) is 9.59 Å². The van der Waals surface area contributed by atoms with E-state index in [9.17, 15) is 18.8 Å². The van der Waals surface area contributed by atoms with Crippen molar-refractivity contribution in [1.29, 1.82) is 0 Å². The van der Waals surface area contributed by atoms with E-state index in [1.54, 1.807) is 43.3 Å². The van der Waals surface area contributed by atoms with E-state index in [4.69, 9.17) is 0 Å². The minimum Gasteiger partial charge on any atom is -0.349 e. The van der Waals surface area contributed by atoms with Crippen LogP contribution in [0.15, 0.2) is 42.5 Å². The van der Waals surface area contributed by atoms with Gasteiger partial charge >= 0.3 is 0 Å². The van der Waals surface area contributed by atoms with Gasteiger partial charge in [0.1, 0.15) is 5.82 Å². The van der Waals surface area contributed by atoms with Crippen molar-refractivity contribution in [2.75, 3.05) is 16.8 Å². The molecule has 0 bridgehead atoms. The van der Waals surface area contributed by atoms with Gasteiger partial charge in [-0.2, -0.15) is 0 Å². The standard InChI is InChI=1S/C22H22FN3O3/c1-13-6-9-16(11-18(13)23)26-12-14(10-20(26)27)21(28)25-19-5-3-2-4-17(19)22(29)24-15-7-8-15/h2-6,9,11,14-15H,7-8,10,12H2,1H3,(H,24,29)(H,25,28)/t14-/m1/s1. The van der Waals surface area contributed by atoms with Gasteiger partial charge in [0, 0.05) is 24.7 Å². The molecule has 0 unspecified atom stereocenters.